The lowest BCUT2D eigenvalue weighted by Crippen LogP contribution is -2.45. The summed E-state index contributed by atoms with van der Waals surface area (Å²) in [6.07, 6.45) is 2.66. The molecule has 0 aliphatic carbocycles. The molecule has 1 N–H and O–H groups in total. The van der Waals surface area contributed by atoms with E-state index < -0.39 is 0 Å². The van der Waals surface area contributed by atoms with Gasteiger partial charge >= 0.3 is 5.97 Å². The number of methoxy groups -OCH3 is 1. The Bertz CT molecular complexity index is 427. The number of aliphatic imine (C=N–C) groups is 1. The van der Waals surface area contributed by atoms with Gasteiger partial charge in [0.15, 0.2) is 5.96 Å². The smallest absolute Gasteiger partial charge is 0.310 e. The zero-order valence-electron chi connectivity index (χ0n) is 15.0. The summed E-state index contributed by atoms with van der Waals surface area (Å²) in [7, 11) is 3.27. The van der Waals surface area contributed by atoms with Gasteiger partial charge in [0.25, 0.3) is 0 Å². The quantitative estimate of drug-likeness (QED) is 0.476. The number of piperidine rings is 1. The molecule has 0 saturated carbocycles. The van der Waals surface area contributed by atoms with Gasteiger partial charge in [-0.25, -0.2) is 0 Å². The van der Waals surface area contributed by atoms with Crippen molar-refractivity contribution in [2.45, 2.75) is 26.7 Å². The van der Waals surface area contributed by atoms with E-state index in [0.717, 1.165) is 31.5 Å². The van der Waals surface area contributed by atoms with Gasteiger partial charge in [-0.15, -0.1) is 0 Å². The summed E-state index contributed by atoms with van der Waals surface area (Å²) < 4.78 is 4.90. The van der Waals surface area contributed by atoms with Crippen molar-refractivity contribution in [3.8, 4) is 0 Å². The zero-order chi connectivity index (χ0) is 16.8. The van der Waals surface area contributed by atoms with Crippen LogP contribution in [0.2, 0.25) is 0 Å². The predicted octanol–water partition coefficient (Wildman–Crippen LogP) is 1.03. The normalized spacial score (nSPS) is 29.7. The number of likely N-dealkylation sites (tertiary alicyclic amines) is 2. The molecule has 0 radical (unpaired) electrons. The minimum Gasteiger partial charge on any atom is -0.469 e. The molecule has 2 rings (SSSR count). The lowest BCUT2D eigenvalue weighted by atomic mass is 9.99. The number of nitrogens with one attached hydrogen (secondary N) is 1. The molecule has 23 heavy (non-hydrogen) atoms. The van der Waals surface area contributed by atoms with Gasteiger partial charge in [0, 0.05) is 39.8 Å². The monoisotopic (exact) mass is 324 g/mol. The van der Waals surface area contributed by atoms with E-state index in [9.17, 15) is 4.79 Å². The second kappa shape index (κ2) is 8.52. The van der Waals surface area contributed by atoms with E-state index in [4.69, 9.17) is 4.74 Å². The third kappa shape index (κ3) is 4.83. The van der Waals surface area contributed by atoms with Gasteiger partial charge in [0.1, 0.15) is 0 Å². The summed E-state index contributed by atoms with van der Waals surface area (Å²) >= 11 is 0. The van der Waals surface area contributed by atoms with Crippen LogP contribution in [0, 0.1) is 17.8 Å². The van der Waals surface area contributed by atoms with Gasteiger partial charge < -0.3 is 19.9 Å². The number of ether oxygens (including phenoxy) is 1. The van der Waals surface area contributed by atoms with Crippen LogP contribution >= 0.6 is 0 Å². The molecule has 0 bridgehead atoms. The molecule has 0 aromatic carbocycles. The van der Waals surface area contributed by atoms with Gasteiger partial charge in [-0.2, -0.15) is 0 Å². The maximum atomic E-state index is 11.8. The lowest BCUT2D eigenvalue weighted by molar-refractivity contribution is -0.145. The number of hydrogen-bond donors (Lipinski definition) is 1. The second-order valence-corrected chi connectivity index (χ2v) is 7.03. The van der Waals surface area contributed by atoms with Gasteiger partial charge in [-0.3, -0.25) is 9.79 Å². The van der Waals surface area contributed by atoms with Crippen molar-refractivity contribution in [2.75, 3.05) is 53.4 Å². The largest absolute Gasteiger partial charge is 0.469 e. The second-order valence-electron chi connectivity index (χ2n) is 7.03. The fourth-order valence-corrected chi connectivity index (χ4v) is 3.75. The first-order chi connectivity index (χ1) is 11.0. The first kappa shape index (κ1) is 18.0. The topological polar surface area (TPSA) is 57.2 Å². The van der Waals surface area contributed by atoms with Gasteiger partial charge in [0.2, 0.25) is 0 Å². The molecule has 6 heteroatoms. The van der Waals surface area contributed by atoms with Crippen molar-refractivity contribution in [1.29, 1.82) is 0 Å². The molecule has 3 atom stereocenters. The standard InChI is InChI=1S/C17H32N4O2/c1-13-6-5-8-20(10-13)9-7-19-17(18-3)21-11-14(2)15(12-21)16(22)23-4/h13-15H,5-12H2,1-4H3,(H,18,19). The summed E-state index contributed by atoms with van der Waals surface area (Å²) in [5.41, 5.74) is 0. The average molecular weight is 324 g/mol. The maximum Gasteiger partial charge on any atom is 0.310 e. The Morgan fingerprint density at radius 2 is 2.09 bits per heavy atom. The number of carbonyl (C=O) groups excluding carboxylic acids is 1. The van der Waals surface area contributed by atoms with Crippen molar-refractivity contribution in [1.82, 2.24) is 15.1 Å². The molecular formula is C17H32N4O2. The van der Waals surface area contributed by atoms with Crippen LogP contribution in [-0.4, -0.2) is 75.2 Å². The highest BCUT2D eigenvalue weighted by Crippen LogP contribution is 2.24. The molecule has 2 fully saturated rings. The number of esters is 1. The Morgan fingerprint density at radius 3 is 2.74 bits per heavy atom. The molecule has 2 aliphatic rings. The van der Waals surface area contributed by atoms with Crippen molar-refractivity contribution < 1.29 is 9.53 Å². The molecule has 0 aromatic rings. The Labute approximate surface area is 140 Å². The molecule has 2 saturated heterocycles. The molecule has 0 aromatic heterocycles. The van der Waals surface area contributed by atoms with E-state index in [1.165, 1.54) is 33.0 Å². The van der Waals surface area contributed by atoms with Crippen LogP contribution in [-0.2, 0) is 9.53 Å². The molecule has 132 valence electrons. The van der Waals surface area contributed by atoms with E-state index in [1.54, 1.807) is 7.05 Å². The summed E-state index contributed by atoms with van der Waals surface area (Å²) in [6, 6.07) is 0. The summed E-state index contributed by atoms with van der Waals surface area (Å²) in [4.78, 5) is 20.9. The highest BCUT2D eigenvalue weighted by Gasteiger charge is 2.36. The van der Waals surface area contributed by atoms with Crippen LogP contribution in [0.3, 0.4) is 0 Å². The molecule has 6 nitrogen and oxygen atoms in total. The van der Waals surface area contributed by atoms with E-state index in [1.807, 2.05) is 0 Å². The van der Waals surface area contributed by atoms with Gasteiger partial charge in [0.05, 0.1) is 13.0 Å². The third-order valence-corrected chi connectivity index (χ3v) is 5.08. The fraction of sp³-hybridized carbons (Fsp3) is 0.882. The SMILES string of the molecule is CN=C(NCCN1CCCC(C)C1)N1CC(C)C(C(=O)OC)C1. The Kier molecular flexibility index (Phi) is 6.69. The fourth-order valence-electron chi connectivity index (χ4n) is 3.75. The zero-order valence-corrected chi connectivity index (χ0v) is 15.0. The molecule has 2 heterocycles. The van der Waals surface area contributed by atoms with Crippen molar-refractivity contribution in [3.05, 3.63) is 0 Å². The first-order valence-corrected chi connectivity index (χ1v) is 8.81. The third-order valence-electron chi connectivity index (χ3n) is 5.08. The highest BCUT2D eigenvalue weighted by atomic mass is 16.5. The summed E-state index contributed by atoms with van der Waals surface area (Å²) in [6.45, 7) is 10.3. The first-order valence-electron chi connectivity index (χ1n) is 8.81. The Hall–Kier alpha value is -1.30. The number of guanidine groups is 1. The van der Waals surface area contributed by atoms with E-state index in [0.29, 0.717) is 12.5 Å². The summed E-state index contributed by atoms with van der Waals surface area (Å²) in [5.74, 6) is 1.83. The van der Waals surface area contributed by atoms with Crippen LogP contribution < -0.4 is 5.32 Å². The van der Waals surface area contributed by atoms with Crippen molar-refractivity contribution >= 4 is 11.9 Å². The highest BCUT2D eigenvalue weighted by molar-refractivity contribution is 5.82. The Balaban J connectivity index is 1.78. The van der Waals surface area contributed by atoms with E-state index in [-0.39, 0.29) is 11.9 Å². The van der Waals surface area contributed by atoms with Crippen LogP contribution in [0.25, 0.3) is 0 Å². The molecule has 3 unspecified atom stereocenters. The lowest BCUT2D eigenvalue weighted by Gasteiger charge is -2.31. The minimum atomic E-state index is -0.113. The number of rotatable bonds is 4. The predicted molar refractivity (Wildman–Crippen MR) is 92.4 cm³/mol. The van der Waals surface area contributed by atoms with Crippen LogP contribution in [0.15, 0.2) is 4.99 Å². The summed E-state index contributed by atoms with van der Waals surface area (Å²) in [5, 5.41) is 3.45. The van der Waals surface area contributed by atoms with E-state index >= 15 is 0 Å². The molecule has 0 spiro atoms. The number of carbonyl (C=O) groups is 1. The van der Waals surface area contributed by atoms with Crippen LogP contribution in [0.1, 0.15) is 26.7 Å². The van der Waals surface area contributed by atoms with Crippen LogP contribution in [0.4, 0.5) is 0 Å². The average Bonchev–Trinajstić information content (AvgIpc) is 2.92. The van der Waals surface area contributed by atoms with Gasteiger partial charge in [-0.1, -0.05) is 13.8 Å². The Morgan fingerprint density at radius 1 is 1.30 bits per heavy atom. The minimum absolute atomic E-state index is 0.0542. The molecule has 0 amide bonds. The van der Waals surface area contributed by atoms with Crippen LogP contribution in [0.5, 0.6) is 0 Å². The number of nitrogens with zero attached hydrogens (tertiary/aromatic N) is 3. The molecule has 2 aliphatic heterocycles. The van der Waals surface area contributed by atoms with Crippen molar-refractivity contribution in [2.24, 2.45) is 22.7 Å². The maximum absolute atomic E-state index is 11.8. The van der Waals surface area contributed by atoms with Crippen molar-refractivity contribution in [3.63, 3.8) is 0 Å². The van der Waals surface area contributed by atoms with E-state index in [2.05, 4.69) is 34.0 Å². The number of hydrogen-bond acceptors (Lipinski definition) is 4. The molecular weight excluding hydrogens is 292 g/mol. The van der Waals surface area contributed by atoms with Gasteiger partial charge in [-0.05, 0) is 31.2 Å².